The van der Waals surface area contributed by atoms with Crippen molar-refractivity contribution in [1.82, 2.24) is 36.0 Å². The van der Waals surface area contributed by atoms with Crippen molar-refractivity contribution < 1.29 is 22.8 Å². The van der Waals surface area contributed by atoms with Crippen LogP contribution in [0.15, 0.2) is 24.3 Å². The first-order valence-corrected chi connectivity index (χ1v) is 7.76. The number of benzene rings is 1. The Hall–Kier alpha value is -3.44. The van der Waals surface area contributed by atoms with Gasteiger partial charge in [-0.2, -0.15) is 18.3 Å². The molecule has 1 unspecified atom stereocenters. The Morgan fingerprint density at radius 1 is 1.19 bits per heavy atom. The van der Waals surface area contributed by atoms with Crippen molar-refractivity contribution in [2.75, 3.05) is 0 Å². The molecule has 0 aliphatic rings. The Labute approximate surface area is 149 Å². The number of H-pyrrole nitrogens is 2. The van der Waals surface area contributed by atoms with Gasteiger partial charge in [0.15, 0.2) is 5.69 Å². The Morgan fingerprint density at radius 3 is 2.63 bits per heavy atom. The van der Waals surface area contributed by atoms with Gasteiger partial charge in [0.25, 0.3) is 11.7 Å². The fourth-order valence-electron chi connectivity index (χ4n) is 2.29. The summed E-state index contributed by atoms with van der Waals surface area (Å²) < 4.78 is 37.3. The molecule has 0 aliphatic heterocycles. The molecule has 1 atom stereocenters. The van der Waals surface area contributed by atoms with Crippen molar-refractivity contribution in [3.8, 4) is 0 Å². The highest BCUT2D eigenvalue weighted by atomic mass is 19.4. The molecule has 0 bridgehead atoms. The number of nitrogens with zero attached hydrogens (tertiary/aromatic N) is 3. The third kappa shape index (κ3) is 4.04. The van der Waals surface area contributed by atoms with Gasteiger partial charge in [0.2, 0.25) is 5.91 Å². The highest BCUT2D eigenvalue weighted by Crippen LogP contribution is 2.25. The molecular weight excluding hydrogens is 367 g/mol. The van der Waals surface area contributed by atoms with Gasteiger partial charge in [0.1, 0.15) is 11.9 Å². The van der Waals surface area contributed by atoms with Crippen LogP contribution in [0.5, 0.6) is 0 Å². The average Bonchev–Trinajstić information content (AvgIpc) is 3.26. The average molecular weight is 381 g/mol. The van der Waals surface area contributed by atoms with Crippen LogP contribution in [-0.4, -0.2) is 43.2 Å². The molecule has 0 spiro atoms. The second kappa shape index (κ2) is 7.05. The first kappa shape index (κ1) is 18.4. The van der Waals surface area contributed by atoms with E-state index in [9.17, 15) is 22.8 Å². The summed E-state index contributed by atoms with van der Waals surface area (Å²) in [7, 11) is 0. The second-order valence-corrected chi connectivity index (χ2v) is 5.63. The molecule has 3 aromatic rings. The number of carbonyl (C=O) groups excluding carboxylic acids is 2. The van der Waals surface area contributed by atoms with Gasteiger partial charge in [-0.05, 0) is 13.0 Å². The number of nitrogens with one attached hydrogen (secondary N) is 4. The molecule has 4 N–H and O–H groups in total. The van der Waals surface area contributed by atoms with Gasteiger partial charge in [0.05, 0.1) is 12.1 Å². The summed E-state index contributed by atoms with van der Waals surface area (Å²) in [6, 6.07) is 6.05. The van der Waals surface area contributed by atoms with Crippen LogP contribution in [0.3, 0.4) is 0 Å². The van der Waals surface area contributed by atoms with Gasteiger partial charge in [-0.3, -0.25) is 19.8 Å². The Kier molecular flexibility index (Phi) is 4.79. The van der Waals surface area contributed by atoms with Crippen LogP contribution in [0.4, 0.5) is 13.2 Å². The molecule has 12 heteroatoms. The summed E-state index contributed by atoms with van der Waals surface area (Å²) in [6.07, 6.45) is -4.67. The summed E-state index contributed by atoms with van der Waals surface area (Å²) in [4.78, 5) is 27.6. The fourth-order valence-corrected chi connectivity index (χ4v) is 2.29. The van der Waals surface area contributed by atoms with E-state index >= 15 is 0 Å². The Bertz CT molecular complexity index is 979. The third-order valence-electron chi connectivity index (χ3n) is 3.64. The molecule has 9 nitrogen and oxygen atoms in total. The molecule has 0 aliphatic carbocycles. The largest absolute Gasteiger partial charge is 0.453 e. The maximum Gasteiger partial charge on any atom is 0.453 e. The first-order chi connectivity index (χ1) is 12.8. The molecule has 0 saturated carbocycles. The van der Waals surface area contributed by atoms with Crippen LogP contribution in [0.2, 0.25) is 0 Å². The zero-order chi connectivity index (χ0) is 19.6. The minimum Gasteiger partial charge on any atom is -0.347 e. The lowest BCUT2D eigenvalue weighted by Crippen LogP contribution is -2.44. The van der Waals surface area contributed by atoms with E-state index in [1.54, 1.807) is 24.3 Å². The maximum atomic E-state index is 12.4. The molecule has 1 aromatic carbocycles. The number of aromatic amines is 2. The van der Waals surface area contributed by atoms with Crippen molar-refractivity contribution in [3.63, 3.8) is 0 Å². The number of para-hydroxylation sites is 1. The summed E-state index contributed by atoms with van der Waals surface area (Å²) in [5, 5.41) is 17.2. The standard InChI is InChI=1S/C15H14F3N7O2/c1-7(12(26)19-6-10-21-14(25-23-10)15(16,17)18)20-13(27)11-8-4-2-3-5-9(8)22-24-11/h2-5,7H,6H2,1H3,(H,19,26)(H,20,27)(H,22,24)(H,21,23,25). The SMILES string of the molecule is CC(NC(=O)c1n[nH]c2ccccc12)C(=O)NCc1nc(C(F)(F)F)n[nH]1. The topological polar surface area (TPSA) is 128 Å². The lowest BCUT2D eigenvalue weighted by molar-refractivity contribution is -0.144. The van der Waals surface area contributed by atoms with Crippen LogP contribution in [0.25, 0.3) is 10.9 Å². The summed E-state index contributed by atoms with van der Waals surface area (Å²) in [5.41, 5.74) is 0.806. The normalized spacial score (nSPS) is 12.7. The van der Waals surface area contributed by atoms with Crippen LogP contribution >= 0.6 is 0 Å². The molecule has 0 radical (unpaired) electrons. The van der Waals surface area contributed by atoms with E-state index in [0.29, 0.717) is 10.9 Å². The third-order valence-corrected chi connectivity index (χ3v) is 3.64. The quantitative estimate of drug-likeness (QED) is 0.527. The van der Waals surface area contributed by atoms with E-state index < -0.39 is 29.9 Å². The van der Waals surface area contributed by atoms with E-state index in [1.165, 1.54) is 6.92 Å². The molecule has 0 saturated heterocycles. The number of aromatic nitrogens is 5. The molecule has 142 valence electrons. The lowest BCUT2D eigenvalue weighted by atomic mass is 10.2. The molecule has 2 heterocycles. The van der Waals surface area contributed by atoms with E-state index in [2.05, 4.69) is 36.0 Å². The summed E-state index contributed by atoms with van der Waals surface area (Å²) in [5.74, 6) is -2.65. The van der Waals surface area contributed by atoms with Gasteiger partial charge in [-0.15, -0.1) is 5.10 Å². The van der Waals surface area contributed by atoms with E-state index in [-0.39, 0.29) is 18.1 Å². The van der Waals surface area contributed by atoms with Crippen molar-refractivity contribution in [3.05, 3.63) is 41.6 Å². The second-order valence-electron chi connectivity index (χ2n) is 5.63. The monoisotopic (exact) mass is 381 g/mol. The van der Waals surface area contributed by atoms with Crippen molar-refractivity contribution in [1.29, 1.82) is 0 Å². The van der Waals surface area contributed by atoms with E-state index in [0.717, 1.165) is 0 Å². The highest BCUT2D eigenvalue weighted by molar-refractivity contribution is 6.05. The summed E-state index contributed by atoms with van der Waals surface area (Å²) in [6.45, 7) is 1.14. The molecule has 27 heavy (non-hydrogen) atoms. The number of fused-ring (bicyclic) bond motifs is 1. The number of rotatable bonds is 5. The first-order valence-electron chi connectivity index (χ1n) is 7.76. The molecular formula is C15H14F3N7O2. The number of halogens is 3. The van der Waals surface area contributed by atoms with E-state index in [1.807, 2.05) is 0 Å². The zero-order valence-corrected chi connectivity index (χ0v) is 13.9. The van der Waals surface area contributed by atoms with Crippen LogP contribution in [0, 0.1) is 0 Å². The smallest absolute Gasteiger partial charge is 0.347 e. The molecule has 3 rings (SSSR count). The van der Waals surface area contributed by atoms with Crippen LogP contribution in [-0.2, 0) is 17.5 Å². The van der Waals surface area contributed by atoms with Gasteiger partial charge >= 0.3 is 6.18 Å². The Balaban J connectivity index is 1.57. The van der Waals surface area contributed by atoms with Gasteiger partial charge < -0.3 is 10.6 Å². The Morgan fingerprint density at radius 2 is 1.93 bits per heavy atom. The summed E-state index contributed by atoms with van der Waals surface area (Å²) >= 11 is 0. The van der Waals surface area contributed by atoms with Crippen LogP contribution in [0.1, 0.15) is 29.1 Å². The van der Waals surface area contributed by atoms with Crippen molar-refractivity contribution in [2.24, 2.45) is 0 Å². The zero-order valence-electron chi connectivity index (χ0n) is 13.9. The van der Waals surface area contributed by atoms with Crippen molar-refractivity contribution in [2.45, 2.75) is 25.7 Å². The molecule has 2 amide bonds. The number of alkyl halides is 3. The lowest BCUT2D eigenvalue weighted by Gasteiger charge is -2.12. The number of carbonyl (C=O) groups is 2. The number of hydrogen-bond donors (Lipinski definition) is 4. The van der Waals surface area contributed by atoms with Gasteiger partial charge in [-0.1, -0.05) is 18.2 Å². The van der Waals surface area contributed by atoms with Crippen LogP contribution < -0.4 is 10.6 Å². The predicted molar refractivity (Wildman–Crippen MR) is 86.3 cm³/mol. The number of amides is 2. The fraction of sp³-hybridized carbons (Fsp3) is 0.267. The molecule has 2 aromatic heterocycles. The van der Waals surface area contributed by atoms with E-state index in [4.69, 9.17) is 0 Å². The van der Waals surface area contributed by atoms with Gasteiger partial charge in [0, 0.05) is 5.39 Å². The minimum atomic E-state index is -4.67. The predicted octanol–water partition coefficient (Wildman–Crippen LogP) is 1.13. The maximum absolute atomic E-state index is 12.4. The minimum absolute atomic E-state index is 0.135. The molecule has 0 fully saturated rings. The number of hydrogen-bond acceptors (Lipinski definition) is 5. The highest BCUT2D eigenvalue weighted by Gasteiger charge is 2.36. The van der Waals surface area contributed by atoms with Gasteiger partial charge in [-0.25, -0.2) is 4.98 Å². The van der Waals surface area contributed by atoms with Crippen molar-refractivity contribution >= 4 is 22.7 Å².